The van der Waals surface area contributed by atoms with E-state index in [4.69, 9.17) is 5.11 Å². The topological polar surface area (TPSA) is 77.8 Å². The molecule has 0 unspecified atom stereocenters. The molecule has 0 saturated carbocycles. The maximum absolute atomic E-state index is 10.8. The van der Waals surface area contributed by atoms with Crippen LogP contribution in [0, 0.1) is 0 Å². The molecule has 0 amide bonds. The van der Waals surface area contributed by atoms with Crippen LogP contribution in [0.1, 0.15) is 40.4 Å². The van der Waals surface area contributed by atoms with E-state index in [2.05, 4.69) is 0 Å². The highest BCUT2D eigenvalue weighted by atomic mass is 16.4. The van der Waals surface area contributed by atoms with Crippen LogP contribution >= 0.6 is 0 Å². The van der Waals surface area contributed by atoms with Crippen LogP contribution < -0.4 is 0 Å². The van der Waals surface area contributed by atoms with Crippen molar-refractivity contribution in [3.8, 4) is 11.5 Å². The maximum Gasteiger partial charge on any atom is 0.335 e. The molecular weight excluding hydrogens is 280 g/mol. The van der Waals surface area contributed by atoms with Crippen LogP contribution in [0.3, 0.4) is 0 Å². The van der Waals surface area contributed by atoms with Crippen LogP contribution in [0.25, 0.3) is 12.2 Å². The lowest BCUT2D eigenvalue weighted by molar-refractivity contribution is 0.0697. The number of carbonyl (C=O) groups is 1. The first-order valence-electron chi connectivity index (χ1n) is 7.07. The van der Waals surface area contributed by atoms with Gasteiger partial charge < -0.3 is 15.3 Å². The third-order valence-corrected chi connectivity index (χ3v) is 3.35. The molecule has 114 valence electrons. The molecule has 0 aliphatic heterocycles. The Bertz CT molecular complexity index is 677. The molecule has 0 radical (unpaired) electrons. The van der Waals surface area contributed by atoms with Gasteiger partial charge in [-0.3, -0.25) is 0 Å². The van der Waals surface area contributed by atoms with E-state index in [1.165, 1.54) is 12.1 Å². The number of phenolic OH excluding ortho intramolecular Hbond substituents is 2. The largest absolute Gasteiger partial charge is 0.508 e. The number of hydrogen-bond donors (Lipinski definition) is 3. The van der Waals surface area contributed by atoms with Gasteiger partial charge in [0.05, 0.1) is 5.56 Å². The minimum absolute atomic E-state index is 0.0859. The van der Waals surface area contributed by atoms with Crippen molar-refractivity contribution in [3.63, 3.8) is 0 Å². The number of aromatic hydroxyl groups is 2. The van der Waals surface area contributed by atoms with Crippen molar-refractivity contribution in [2.45, 2.75) is 19.8 Å². The standard InChI is InChI=1S/C18H18O4/c1-2-3-15-16(19)10-13(11-17(15)20)5-4-12-6-8-14(9-7-12)18(21)22/h4-11,19-20H,2-3H2,1H3,(H,21,22). The summed E-state index contributed by atoms with van der Waals surface area (Å²) in [4.78, 5) is 10.8. The summed E-state index contributed by atoms with van der Waals surface area (Å²) in [5, 5.41) is 28.7. The molecule has 3 N–H and O–H groups in total. The average Bonchev–Trinajstić information content (AvgIpc) is 2.49. The predicted molar refractivity (Wildman–Crippen MR) is 86.1 cm³/mol. The summed E-state index contributed by atoms with van der Waals surface area (Å²) >= 11 is 0. The molecule has 2 aromatic rings. The molecule has 0 aromatic heterocycles. The van der Waals surface area contributed by atoms with E-state index >= 15 is 0 Å². The third kappa shape index (κ3) is 3.67. The van der Waals surface area contributed by atoms with E-state index in [0.717, 1.165) is 12.0 Å². The quantitative estimate of drug-likeness (QED) is 0.731. The smallest absolute Gasteiger partial charge is 0.335 e. The van der Waals surface area contributed by atoms with Crippen molar-refractivity contribution in [1.82, 2.24) is 0 Å². The molecule has 0 saturated heterocycles. The van der Waals surface area contributed by atoms with Crippen LogP contribution in [0.4, 0.5) is 0 Å². The number of hydrogen-bond acceptors (Lipinski definition) is 3. The summed E-state index contributed by atoms with van der Waals surface area (Å²) < 4.78 is 0. The van der Waals surface area contributed by atoms with Crippen LogP contribution in [0.15, 0.2) is 36.4 Å². The number of phenols is 2. The van der Waals surface area contributed by atoms with Gasteiger partial charge in [0.15, 0.2) is 0 Å². The van der Waals surface area contributed by atoms with Crippen molar-refractivity contribution < 1.29 is 20.1 Å². The average molecular weight is 298 g/mol. The zero-order valence-electron chi connectivity index (χ0n) is 12.3. The second-order valence-electron chi connectivity index (χ2n) is 5.05. The lowest BCUT2D eigenvalue weighted by Crippen LogP contribution is -1.94. The minimum Gasteiger partial charge on any atom is -0.508 e. The van der Waals surface area contributed by atoms with Crippen molar-refractivity contribution >= 4 is 18.1 Å². The molecule has 0 atom stereocenters. The zero-order chi connectivity index (χ0) is 16.1. The van der Waals surface area contributed by atoms with E-state index in [0.29, 0.717) is 17.5 Å². The highest BCUT2D eigenvalue weighted by Crippen LogP contribution is 2.30. The molecule has 2 aromatic carbocycles. The second-order valence-corrected chi connectivity index (χ2v) is 5.05. The SMILES string of the molecule is CCCc1c(O)cc(C=Cc2ccc(C(=O)O)cc2)cc1O. The van der Waals surface area contributed by atoms with Gasteiger partial charge in [-0.25, -0.2) is 4.79 Å². The maximum atomic E-state index is 10.8. The molecule has 22 heavy (non-hydrogen) atoms. The molecular formula is C18H18O4. The minimum atomic E-state index is -0.961. The van der Waals surface area contributed by atoms with Gasteiger partial charge in [0.1, 0.15) is 11.5 Å². The van der Waals surface area contributed by atoms with Gasteiger partial charge in [-0.15, -0.1) is 0 Å². The van der Waals surface area contributed by atoms with Crippen LogP contribution in [-0.2, 0) is 6.42 Å². The Morgan fingerprint density at radius 3 is 2.05 bits per heavy atom. The monoisotopic (exact) mass is 298 g/mol. The van der Waals surface area contributed by atoms with E-state index in [9.17, 15) is 15.0 Å². The van der Waals surface area contributed by atoms with Gasteiger partial charge in [0, 0.05) is 5.56 Å². The van der Waals surface area contributed by atoms with Crippen LogP contribution in [0.2, 0.25) is 0 Å². The zero-order valence-corrected chi connectivity index (χ0v) is 12.3. The summed E-state index contributed by atoms with van der Waals surface area (Å²) in [6.45, 7) is 1.98. The van der Waals surface area contributed by atoms with Gasteiger partial charge in [-0.1, -0.05) is 37.6 Å². The number of rotatable bonds is 5. The molecule has 2 rings (SSSR count). The van der Waals surface area contributed by atoms with Crippen molar-refractivity contribution in [2.75, 3.05) is 0 Å². The Kier molecular flexibility index (Phi) is 4.84. The van der Waals surface area contributed by atoms with Crippen molar-refractivity contribution in [3.05, 3.63) is 58.7 Å². The van der Waals surface area contributed by atoms with Crippen molar-refractivity contribution in [2.24, 2.45) is 0 Å². The Labute approximate surface area is 129 Å². The molecule has 0 aliphatic rings. The number of carboxylic acid groups (broad SMARTS) is 1. The third-order valence-electron chi connectivity index (χ3n) is 3.35. The molecule has 4 nitrogen and oxygen atoms in total. The molecule has 0 heterocycles. The highest BCUT2D eigenvalue weighted by molar-refractivity contribution is 5.88. The van der Waals surface area contributed by atoms with Crippen LogP contribution in [-0.4, -0.2) is 21.3 Å². The first-order valence-corrected chi connectivity index (χ1v) is 7.07. The fourth-order valence-electron chi connectivity index (χ4n) is 2.19. The molecule has 0 fully saturated rings. The Balaban J connectivity index is 2.21. The fourth-order valence-corrected chi connectivity index (χ4v) is 2.19. The van der Waals surface area contributed by atoms with Gasteiger partial charge in [0.2, 0.25) is 0 Å². The summed E-state index contributed by atoms with van der Waals surface area (Å²) in [6.07, 6.45) is 5.01. The molecule has 0 bridgehead atoms. The Morgan fingerprint density at radius 2 is 1.55 bits per heavy atom. The Morgan fingerprint density at radius 1 is 1.00 bits per heavy atom. The first kappa shape index (κ1) is 15.6. The van der Waals surface area contributed by atoms with E-state index in [1.807, 2.05) is 6.92 Å². The molecule has 4 heteroatoms. The van der Waals surface area contributed by atoms with Crippen LogP contribution in [0.5, 0.6) is 11.5 Å². The number of benzene rings is 2. The van der Waals surface area contributed by atoms with Gasteiger partial charge in [-0.05, 0) is 41.8 Å². The fraction of sp³-hybridized carbons (Fsp3) is 0.167. The number of carboxylic acids is 1. The van der Waals surface area contributed by atoms with Gasteiger partial charge in [0.25, 0.3) is 0 Å². The molecule has 0 spiro atoms. The van der Waals surface area contributed by atoms with Gasteiger partial charge >= 0.3 is 5.97 Å². The second kappa shape index (κ2) is 6.80. The normalized spacial score (nSPS) is 11.0. The van der Waals surface area contributed by atoms with Crippen molar-refractivity contribution in [1.29, 1.82) is 0 Å². The van der Waals surface area contributed by atoms with E-state index < -0.39 is 5.97 Å². The summed E-state index contributed by atoms with van der Waals surface area (Å²) in [5.74, 6) is -0.790. The predicted octanol–water partition coefficient (Wildman–Crippen LogP) is 3.92. The summed E-state index contributed by atoms with van der Waals surface area (Å²) in [7, 11) is 0. The van der Waals surface area contributed by atoms with Gasteiger partial charge in [-0.2, -0.15) is 0 Å². The van der Waals surface area contributed by atoms with E-state index in [-0.39, 0.29) is 17.1 Å². The lowest BCUT2D eigenvalue weighted by Gasteiger charge is -2.07. The number of aromatic carboxylic acids is 1. The summed E-state index contributed by atoms with van der Waals surface area (Å²) in [5.41, 5.74) is 2.31. The molecule has 0 aliphatic carbocycles. The highest BCUT2D eigenvalue weighted by Gasteiger charge is 2.07. The first-order chi connectivity index (χ1) is 10.5. The van der Waals surface area contributed by atoms with E-state index in [1.54, 1.807) is 36.4 Å². The summed E-state index contributed by atoms with van der Waals surface area (Å²) in [6, 6.07) is 9.67. The lowest BCUT2D eigenvalue weighted by atomic mass is 10.0. The Hall–Kier alpha value is -2.75.